The zero-order valence-corrected chi connectivity index (χ0v) is 20.3. The Balaban J connectivity index is 1.77. The number of alkyl halides is 3. The smallest absolute Gasteiger partial charge is 0.363 e. The van der Waals surface area contributed by atoms with Crippen LogP contribution < -0.4 is 10.6 Å². The zero-order chi connectivity index (χ0) is 28.4. The SMILES string of the molecule is C#Cc1c2cc(NC(=O)c3cc(F)cc(C(F)(F)F)c3)c3c(c2nn1C)C(=O)NC3(O)c1cc(F)ccc1Cl. The first-order valence-electron chi connectivity index (χ1n) is 10.9. The van der Waals surface area contributed by atoms with Crippen LogP contribution in [0.1, 0.15) is 43.1 Å². The molecule has 2 amide bonds. The normalized spacial score (nSPS) is 16.6. The monoisotopic (exact) mass is 560 g/mol. The lowest BCUT2D eigenvalue weighted by Crippen LogP contribution is -2.41. The fourth-order valence-electron chi connectivity index (χ4n) is 4.54. The fourth-order valence-corrected chi connectivity index (χ4v) is 4.80. The summed E-state index contributed by atoms with van der Waals surface area (Å²) in [6, 6.07) is 5.50. The third-order valence-corrected chi connectivity index (χ3v) is 6.53. The maximum atomic E-state index is 14.2. The summed E-state index contributed by atoms with van der Waals surface area (Å²) in [5.41, 5.74) is -5.62. The van der Waals surface area contributed by atoms with Crippen LogP contribution in [0, 0.1) is 24.0 Å². The Kier molecular flexibility index (Phi) is 5.89. The van der Waals surface area contributed by atoms with E-state index in [4.69, 9.17) is 18.0 Å². The highest BCUT2D eigenvalue weighted by molar-refractivity contribution is 6.31. The van der Waals surface area contributed by atoms with Gasteiger partial charge < -0.3 is 15.7 Å². The summed E-state index contributed by atoms with van der Waals surface area (Å²) in [5, 5.41) is 20.6. The number of carbonyl (C=O) groups is 2. The van der Waals surface area contributed by atoms with Gasteiger partial charge in [-0.1, -0.05) is 11.6 Å². The van der Waals surface area contributed by atoms with Crippen LogP contribution in [-0.2, 0) is 18.9 Å². The van der Waals surface area contributed by atoms with Crippen molar-refractivity contribution >= 4 is 40.0 Å². The molecule has 1 aliphatic heterocycles. The molecule has 7 nitrogen and oxygen atoms in total. The first kappa shape index (κ1) is 26.1. The van der Waals surface area contributed by atoms with Crippen LogP contribution in [0.2, 0.25) is 5.02 Å². The lowest BCUT2D eigenvalue weighted by atomic mass is 9.91. The van der Waals surface area contributed by atoms with E-state index in [9.17, 15) is 36.6 Å². The van der Waals surface area contributed by atoms with E-state index in [1.807, 2.05) is 0 Å². The van der Waals surface area contributed by atoms with Crippen molar-refractivity contribution in [2.75, 3.05) is 5.32 Å². The molecule has 0 saturated heterocycles. The number of hydrogen-bond acceptors (Lipinski definition) is 4. The largest absolute Gasteiger partial charge is 0.416 e. The van der Waals surface area contributed by atoms with Crippen molar-refractivity contribution in [1.29, 1.82) is 0 Å². The third-order valence-electron chi connectivity index (χ3n) is 6.20. The molecule has 1 atom stereocenters. The van der Waals surface area contributed by atoms with E-state index >= 15 is 0 Å². The number of aliphatic hydroxyl groups is 1. The highest BCUT2D eigenvalue weighted by Gasteiger charge is 2.48. The molecule has 3 N–H and O–H groups in total. The number of nitrogens with one attached hydrogen (secondary N) is 2. The Bertz CT molecular complexity index is 1780. The maximum Gasteiger partial charge on any atom is 0.416 e. The topological polar surface area (TPSA) is 96.2 Å². The summed E-state index contributed by atoms with van der Waals surface area (Å²) in [4.78, 5) is 26.3. The molecule has 3 aromatic carbocycles. The van der Waals surface area contributed by atoms with E-state index in [1.54, 1.807) is 0 Å². The summed E-state index contributed by atoms with van der Waals surface area (Å²) >= 11 is 6.22. The predicted molar refractivity (Wildman–Crippen MR) is 130 cm³/mol. The van der Waals surface area contributed by atoms with Gasteiger partial charge in [0.15, 0.2) is 5.72 Å². The second-order valence-electron chi connectivity index (χ2n) is 8.66. The molecule has 39 heavy (non-hydrogen) atoms. The van der Waals surface area contributed by atoms with Gasteiger partial charge in [-0.3, -0.25) is 14.3 Å². The van der Waals surface area contributed by atoms with Crippen molar-refractivity contribution in [2.24, 2.45) is 7.05 Å². The summed E-state index contributed by atoms with van der Waals surface area (Å²) in [6.07, 6.45) is 0.638. The molecule has 5 rings (SSSR count). The minimum Gasteiger partial charge on any atom is -0.363 e. The van der Waals surface area contributed by atoms with Crippen LogP contribution in [-0.4, -0.2) is 26.7 Å². The minimum absolute atomic E-state index is 0.0181. The Morgan fingerprint density at radius 3 is 2.56 bits per heavy atom. The molecule has 198 valence electrons. The fraction of sp³-hybridized carbons (Fsp3) is 0.115. The number of hydrogen-bond donors (Lipinski definition) is 3. The van der Waals surface area contributed by atoms with Gasteiger partial charge in [-0.25, -0.2) is 8.78 Å². The van der Waals surface area contributed by atoms with Crippen molar-refractivity contribution < 1.29 is 36.6 Å². The predicted octanol–water partition coefficient (Wildman–Crippen LogP) is 4.69. The highest BCUT2D eigenvalue weighted by atomic mass is 35.5. The van der Waals surface area contributed by atoms with Crippen molar-refractivity contribution in [3.8, 4) is 12.3 Å². The number of amides is 2. The molecule has 0 saturated carbocycles. The number of benzene rings is 3. The van der Waals surface area contributed by atoms with Crippen LogP contribution in [0.4, 0.5) is 27.6 Å². The lowest BCUT2D eigenvalue weighted by molar-refractivity contribution is -0.137. The van der Waals surface area contributed by atoms with Gasteiger partial charge in [0.05, 0.1) is 16.8 Å². The van der Waals surface area contributed by atoms with E-state index in [0.717, 1.165) is 18.2 Å². The number of terminal acetylenes is 1. The van der Waals surface area contributed by atoms with E-state index < -0.39 is 46.5 Å². The van der Waals surface area contributed by atoms with Crippen molar-refractivity contribution in [3.05, 3.63) is 92.6 Å². The summed E-state index contributed by atoms with van der Waals surface area (Å²) in [6.45, 7) is 0. The van der Waals surface area contributed by atoms with Crippen molar-refractivity contribution in [1.82, 2.24) is 15.1 Å². The van der Waals surface area contributed by atoms with Gasteiger partial charge in [-0.05, 0) is 48.4 Å². The van der Waals surface area contributed by atoms with Crippen LogP contribution in [0.25, 0.3) is 10.9 Å². The van der Waals surface area contributed by atoms with Gasteiger partial charge >= 0.3 is 6.18 Å². The first-order chi connectivity index (χ1) is 18.2. The van der Waals surface area contributed by atoms with Crippen LogP contribution in [0.3, 0.4) is 0 Å². The Hall–Kier alpha value is -4.47. The molecule has 0 bridgehead atoms. The molecule has 13 heteroatoms. The average molecular weight is 561 g/mol. The van der Waals surface area contributed by atoms with Crippen molar-refractivity contribution in [2.45, 2.75) is 11.9 Å². The Morgan fingerprint density at radius 2 is 1.90 bits per heavy atom. The van der Waals surface area contributed by atoms with Crippen LogP contribution in [0.5, 0.6) is 0 Å². The molecule has 4 aromatic rings. The van der Waals surface area contributed by atoms with Gasteiger partial charge in [-0.15, -0.1) is 6.42 Å². The van der Waals surface area contributed by atoms with Crippen LogP contribution >= 0.6 is 11.6 Å². The summed E-state index contributed by atoms with van der Waals surface area (Å²) in [7, 11) is 1.48. The van der Waals surface area contributed by atoms with E-state index in [2.05, 4.69) is 21.7 Å². The van der Waals surface area contributed by atoms with Gasteiger partial charge in [0.25, 0.3) is 11.8 Å². The number of anilines is 1. The second kappa shape index (κ2) is 8.79. The number of nitrogens with zero attached hydrogens (tertiary/aromatic N) is 2. The van der Waals surface area contributed by atoms with E-state index in [-0.39, 0.29) is 50.1 Å². The number of halogens is 6. The number of carbonyl (C=O) groups excluding carboxylic acids is 2. The molecule has 0 radical (unpaired) electrons. The first-order valence-corrected chi connectivity index (χ1v) is 11.3. The average Bonchev–Trinajstić information content (AvgIpc) is 3.32. The maximum absolute atomic E-state index is 14.2. The number of aryl methyl sites for hydroxylation is 1. The Labute approximate surface area is 221 Å². The quantitative estimate of drug-likeness (QED) is 0.250. The lowest BCUT2D eigenvalue weighted by Gasteiger charge is -2.27. The molecular formula is C26H14ClF5N4O3. The van der Waals surface area contributed by atoms with E-state index in [1.165, 1.54) is 17.8 Å². The molecule has 1 unspecified atom stereocenters. The third kappa shape index (κ3) is 4.16. The van der Waals surface area contributed by atoms with Crippen molar-refractivity contribution in [3.63, 3.8) is 0 Å². The number of fused-ring (bicyclic) bond motifs is 3. The number of aromatic nitrogens is 2. The number of rotatable bonds is 3. The highest BCUT2D eigenvalue weighted by Crippen LogP contribution is 2.45. The standard InChI is InChI=1S/C26H14ClF5N4O3/c1-3-19-15-10-18(33-23(37)11-6-12(26(30,31)32)8-14(29)7-11)21-20(22(15)35-36(19)2)24(38)34-25(21,39)16-9-13(28)4-5-17(16)27/h1,4-10,39H,2H3,(H,33,37)(H,34,38). The zero-order valence-electron chi connectivity index (χ0n) is 19.5. The van der Waals surface area contributed by atoms with Gasteiger partial charge in [0.2, 0.25) is 0 Å². The van der Waals surface area contributed by atoms with Gasteiger partial charge in [0, 0.05) is 34.1 Å². The summed E-state index contributed by atoms with van der Waals surface area (Å²) < 4.78 is 69.2. The Morgan fingerprint density at radius 1 is 1.18 bits per heavy atom. The van der Waals surface area contributed by atoms with Gasteiger partial charge in [-0.2, -0.15) is 18.3 Å². The molecular weight excluding hydrogens is 547 g/mol. The summed E-state index contributed by atoms with van der Waals surface area (Å²) in [5.74, 6) is -1.85. The molecule has 1 aromatic heterocycles. The van der Waals surface area contributed by atoms with E-state index in [0.29, 0.717) is 12.1 Å². The molecule has 2 heterocycles. The second-order valence-corrected chi connectivity index (χ2v) is 9.06. The molecule has 1 aliphatic rings. The van der Waals surface area contributed by atoms with Gasteiger partial charge in [0.1, 0.15) is 22.8 Å². The van der Waals surface area contributed by atoms with Crippen LogP contribution in [0.15, 0.2) is 42.5 Å². The molecule has 0 fully saturated rings. The molecule has 0 spiro atoms. The minimum atomic E-state index is -4.95. The molecule has 0 aliphatic carbocycles.